The maximum atomic E-state index is 11.9. The third kappa shape index (κ3) is 4.61. The molecule has 0 atom stereocenters. The summed E-state index contributed by atoms with van der Waals surface area (Å²) in [5.41, 5.74) is 2.12. The molecule has 0 aliphatic carbocycles. The van der Waals surface area contributed by atoms with Crippen LogP contribution in [0, 0.1) is 0 Å². The van der Waals surface area contributed by atoms with Crippen LogP contribution in [0.1, 0.15) is 11.6 Å². The van der Waals surface area contributed by atoms with Crippen LogP contribution in [0.4, 0.5) is 0 Å². The molecule has 0 fully saturated rings. The average molecular weight is 352 g/mol. The lowest BCUT2D eigenvalue weighted by atomic mass is 10.3. The highest BCUT2D eigenvalue weighted by molar-refractivity contribution is 5.91. The van der Waals surface area contributed by atoms with Gasteiger partial charge < -0.3 is 19.2 Å². The van der Waals surface area contributed by atoms with Crippen molar-refractivity contribution in [3.63, 3.8) is 0 Å². The summed E-state index contributed by atoms with van der Waals surface area (Å²) < 4.78 is 7.41. The molecule has 0 saturated heterocycles. The molecule has 0 bridgehead atoms. The lowest BCUT2D eigenvalue weighted by Crippen LogP contribution is -2.25. The molecule has 0 aliphatic rings. The first kappa shape index (κ1) is 17.9. The molecule has 3 aromatic rings. The van der Waals surface area contributed by atoms with E-state index in [1.165, 1.54) is 6.08 Å². The summed E-state index contributed by atoms with van der Waals surface area (Å²) >= 11 is 0. The summed E-state index contributed by atoms with van der Waals surface area (Å²) in [6.07, 6.45) is 5.40. The highest BCUT2D eigenvalue weighted by Gasteiger charge is 2.10. The largest absolute Gasteiger partial charge is 0.465 e. The molecule has 1 amide bonds. The summed E-state index contributed by atoms with van der Waals surface area (Å²) in [5.74, 6) is 1.51. The Hall–Kier alpha value is -2.86. The number of para-hydroxylation sites is 2. The highest BCUT2D eigenvalue weighted by Crippen LogP contribution is 2.16. The maximum Gasteiger partial charge on any atom is 0.244 e. The normalized spacial score (nSPS) is 11.7. The Labute approximate surface area is 153 Å². The Bertz CT molecular complexity index is 878. The predicted molar refractivity (Wildman–Crippen MR) is 103 cm³/mol. The molecular weight excluding hydrogens is 328 g/mol. The van der Waals surface area contributed by atoms with Crippen LogP contribution in [0.15, 0.2) is 53.2 Å². The van der Waals surface area contributed by atoms with E-state index in [-0.39, 0.29) is 5.91 Å². The molecule has 0 radical (unpaired) electrons. The quantitative estimate of drug-likeness (QED) is 0.633. The van der Waals surface area contributed by atoms with Gasteiger partial charge in [0.1, 0.15) is 11.6 Å². The first-order chi connectivity index (χ1) is 12.6. The van der Waals surface area contributed by atoms with Crippen molar-refractivity contribution in [3.8, 4) is 0 Å². The smallest absolute Gasteiger partial charge is 0.244 e. The molecule has 2 aromatic heterocycles. The van der Waals surface area contributed by atoms with Crippen LogP contribution >= 0.6 is 0 Å². The van der Waals surface area contributed by atoms with Gasteiger partial charge in [-0.15, -0.1) is 0 Å². The number of fused-ring (bicyclic) bond motifs is 1. The highest BCUT2D eigenvalue weighted by atomic mass is 16.3. The number of carbonyl (C=O) groups is 1. The molecule has 3 rings (SSSR count). The summed E-state index contributed by atoms with van der Waals surface area (Å²) in [6, 6.07) is 11.7. The second-order valence-electron chi connectivity index (χ2n) is 6.36. The lowest BCUT2D eigenvalue weighted by Gasteiger charge is -2.13. The standard InChI is InChI=1S/C20H24N4O2/c1-23(2)13-14-24-18-8-4-3-7-17(18)22-19(24)11-12-21-20(25)10-9-16-6-5-15-26-16/h3-10,15H,11-14H2,1-2H3,(H,21,25)/b10-9+. The van der Waals surface area contributed by atoms with Crippen molar-refractivity contribution in [1.29, 1.82) is 0 Å². The molecule has 6 heteroatoms. The van der Waals surface area contributed by atoms with Crippen molar-refractivity contribution < 1.29 is 9.21 Å². The van der Waals surface area contributed by atoms with Crippen LogP contribution in [-0.2, 0) is 17.8 Å². The summed E-state index contributed by atoms with van der Waals surface area (Å²) in [7, 11) is 4.12. The third-order valence-electron chi connectivity index (χ3n) is 4.09. The molecule has 0 aliphatic heterocycles. The van der Waals surface area contributed by atoms with Gasteiger partial charge in [0.15, 0.2) is 0 Å². The Morgan fingerprint density at radius 1 is 1.27 bits per heavy atom. The first-order valence-electron chi connectivity index (χ1n) is 8.72. The summed E-state index contributed by atoms with van der Waals surface area (Å²) in [6.45, 7) is 2.34. The van der Waals surface area contributed by atoms with Crippen molar-refractivity contribution in [3.05, 3.63) is 60.3 Å². The van der Waals surface area contributed by atoms with E-state index in [0.717, 1.165) is 29.9 Å². The van der Waals surface area contributed by atoms with Crippen LogP contribution < -0.4 is 5.32 Å². The number of imidazole rings is 1. The van der Waals surface area contributed by atoms with Crippen molar-refractivity contribution in [2.45, 2.75) is 13.0 Å². The number of aromatic nitrogens is 2. The predicted octanol–water partition coefficient (Wildman–Crippen LogP) is 2.56. The van der Waals surface area contributed by atoms with Crippen LogP contribution in [-0.4, -0.2) is 47.5 Å². The molecule has 136 valence electrons. The van der Waals surface area contributed by atoms with E-state index in [9.17, 15) is 4.79 Å². The first-order valence-corrected chi connectivity index (χ1v) is 8.72. The summed E-state index contributed by atoms with van der Waals surface area (Å²) in [5, 5.41) is 2.90. The number of furan rings is 1. The van der Waals surface area contributed by atoms with Gasteiger partial charge in [-0.3, -0.25) is 4.79 Å². The molecule has 6 nitrogen and oxygen atoms in total. The second kappa shape index (κ2) is 8.49. The van der Waals surface area contributed by atoms with Gasteiger partial charge in [-0.2, -0.15) is 0 Å². The van der Waals surface area contributed by atoms with E-state index < -0.39 is 0 Å². The maximum absolute atomic E-state index is 11.9. The number of likely N-dealkylation sites (N-methyl/N-ethyl adjacent to an activating group) is 1. The van der Waals surface area contributed by atoms with Gasteiger partial charge in [-0.25, -0.2) is 4.98 Å². The van der Waals surface area contributed by atoms with Gasteiger partial charge in [0.2, 0.25) is 5.91 Å². The Morgan fingerprint density at radius 2 is 2.12 bits per heavy atom. The van der Waals surface area contributed by atoms with Gasteiger partial charge in [0, 0.05) is 32.1 Å². The van der Waals surface area contributed by atoms with Gasteiger partial charge in [0.05, 0.1) is 17.3 Å². The topological polar surface area (TPSA) is 63.3 Å². The average Bonchev–Trinajstić information content (AvgIpc) is 3.25. The lowest BCUT2D eigenvalue weighted by molar-refractivity contribution is -0.116. The van der Waals surface area contributed by atoms with Crippen molar-refractivity contribution in [2.24, 2.45) is 0 Å². The fourth-order valence-electron chi connectivity index (χ4n) is 2.77. The fourth-order valence-corrected chi connectivity index (χ4v) is 2.77. The number of nitrogens with zero attached hydrogens (tertiary/aromatic N) is 3. The SMILES string of the molecule is CN(C)CCn1c(CCNC(=O)/C=C/c2ccco2)nc2ccccc21. The molecule has 0 saturated carbocycles. The molecule has 1 N–H and O–H groups in total. The van der Waals surface area contributed by atoms with Crippen molar-refractivity contribution in [2.75, 3.05) is 27.2 Å². The van der Waals surface area contributed by atoms with Crippen LogP contribution in [0.5, 0.6) is 0 Å². The van der Waals surface area contributed by atoms with E-state index in [1.54, 1.807) is 24.5 Å². The van der Waals surface area contributed by atoms with Gasteiger partial charge in [-0.1, -0.05) is 12.1 Å². The number of hydrogen-bond donors (Lipinski definition) is 1. The molecule has 0 spiro atoms. The van der Waals surface area contributed by atoms with E-state index >= 15 is 0 Å². The minimum absolute atomic E-state index is 0.141. The molecule has 2 heterocycles. The number of benzene rings is 1. The van der Waals surface area contributed by atoms with Crippen LogP contribution in [0.2, 0.25) is 0 Å². The molecule has 0 unspecified atom stereocenters. The minimum atomic E-state index is -0.141. The van der Waals surface area contributed by atoms with E-state index in [4.69, 9.17) is 9.40 Å². The minimum Gasteiger partial charge on any atom is -0.465 e. The van der Waals surface area contributed by atoms with Gasteiger partial charge in [-0.05, 0) is 44.4 Å². The second-order valence-corrected chi connectivity index (χ2v) is 6.36. The zero-order valence-corrected chi connectivity index (χ0v) is 15.2. The number of nitrogens with one attached hydrogen (secondary N) is 1. The Morgan fingerprint density at radius 3 is 2.88 bits per heavy atom. The van der Waals surface area contributed by atoms with Gasteiger partial charge in [0.25, 0.3) is 0 Å². The van der Waals surface area contributed by atoms with Crippen LogP contribution in [0.3, 0.4) is 0 Å². The van der Waals surface area contributed by atoms with E-state index in [2.05, 4.69) is 34.9 Å². The molecule has 1 aromatic carbocycles. The zero-order chi connectivity index (χ0) is 18.4. The Balaban J connectivity index is 1.62. The van der Waals surface area contributed by atoms with E-state index in [0.29, 0.717) is 18.7 Å². The number of rotatable bonds is 8. The number of amides is 1. The van der Waals surface area contributed by atoms with Gasteiger partial charge >= 0.3 is 0 Å². The number of hydrogen-bond acceptors (Lipinski definition) is 4. The Kier molecular flexibility index (Phi) is 5.86. The molecular formula is C20H24N4O2. The summed E-state index contributed by atoms with van der Waals surface area (Å²) in [4.78, 5) is 18.8. The third-order valence-corrected chi connectivity index (χ3v) is 4.09. The fraction of sp³-hybridized carbons (Fsp3) is 0.300. The van der Waals surface area contributed by atoms with Crippen molar-refractivity contribution in [1.82, 2.24) is 19.8 Å². The molecule has 26 heavy (non-hydrogen) atoms. The van der Waals surface area contributed by atoms with E-state index in [1.807, 2.05) is 18.2 Å². The monoisotopic (exact) mass is 352 g/mol. The zero-order valence-electron chi connectivity index (χ0n) is 15.2. The van der Waals surface area contributed by atoms with Crippen molar-refractivity contribution >= 4 is 23.0 Å². The number of carbonyl (C=O) groups excluding carboxylic acids is 1. The van der Waals surface area contributed by atoms with Crippen LogP contribution in [0.25, 0.3) is 17.1 Å².